The Morgan fingerprint density at radius 2 is 1.44 bits per heavy atom. The molecule has 0 atom stereocenters. The van der Waals surface area contributed by atoms with Gasteiger partial charge in [-0.15, -0.1) is 0 Å². The molecule has 1 N–H and O–H groups in total. The van der Waals surface area contributed by atoms with Crippen molar-refractivity contribution in [1.82, 2.24) is 0 Å². The third-order valence-electron chi connectivity index (χ3n) is 4.59. The zero-order chi connectivity index (χ0) is 17.1. The average Bonchev–Trinajstić information content (AvgIpc) is 3.03. The van der Waals surface area contributed by atoms with Crippen LogP contribution in [0.15, 0.2) is 78.9 Å². The van der Waals surface area contributed by atoms with Crippen molar-refractivity contribution in [2.24, 2.45) is 0 Å². The normalized spacial score (nSPS) is 12.9. The Morgan fingerprint density at radius 3 is 2.04 bits per heavy atom. The Bertz CT molecular complexity index is 798. The molecule has 4 heteroatoms. The van der Waals surface area contributed by atoms with Crippen LogP contribution in [-0.4, -0.2) is 12.1 Å². The van der Waals surface area contributed by atoms with Gasteiger partial charge >= 0.3 is 7.12 Å². The van der Waals surface area contributed by atoms with Crippen LogP contribution in [0.3, 0.4) is 0 Å². The lowest BCUT2D eigenvalue weighted by molar-refractivity contribution is 0.275. The number of hydrogen-bond acceptors (Lipinski definition) is 3. The molecule has 0 saturated carbocycles. The zero-order valence-electron chi connectivity index (χ0n) is 14.0. The van der Waals surface area contributed by atoms with Crippen LogP contribution in [0.5, 0.6) is 0 Å². The van der Waals surface area contributed by atoms with Gasteiger partial charge < -0.3 is 14.6 Å². The van der Waals surface area contributed by atoms with Crippen molar-refractivity contribution in [3.63, 3.8) is 0 Å². The second kappa shape index (κ2) is 7.13. The first-order valence-corrected chi connectivity index (χ1v) is 8.55. The van der Waals surface area contributed by atoms with Crippen molar-refractivity contribution in [2.75, 3.05) is 4.90 Å². The van der Waals surface area contributed by atoms with E-state index in [0.717, 1.165) is 29.8 Å². The minimum Gasteiger partial charge on any atom is -0.423 e. The predicted octanol–water partition coefficient (Wildman–Crippen LogP) is 3.11. The molecule has 0 bridgehead atoms. The molecule has 124 valence electrons. The molecular formula is C21H20BNO2. The van der Waals surface area contributed by atoms with E-state index in [-0.39, 0.29) is 0 Å². The highest BCUT2D eigenvalue weighted by Crippen LogP contribution is 2.22. The van der Waals surface area contributed by atoms with Gasteiger partial charge in [0.05, 0.1) is 6.61 Å². The molecule has 4 rings (SSSR count). The Balaban J connectivity index is 1.66. The first kappa shape index (κ1) is 15.9. The van der Waals surface area contributed by atoms with Gasteiger partial charge in [0.15, 0.2) is 0 Å². The summed E-state index contributed by atoms with van der Waals surface area (Å²) < 4.78 is 5.33. The molecule has 3 aromatic carbocycles. The van der Waals surface area contributed by atoms with Crippen LogP contribution in [0.25, 0.3) is 0 Å². The Labute approximate surface area is 148 Å². The van der Waals surface area contributed by atoms with E-state index >= 15 is 0 Å². The zero-order valence-corrected chi connectivity index (χ0v) is 14.0. The molecule has 0 radical (unpaired) electrons. The fourth-order valence-electron chi connectivity index (χ4n) is 3.24. The van der Waals surface area contributed by atoms with Gasteiger partial charge in [-0.2, -0.15) is 0 Å². The van der Waals surface area contributed by atoms with Crippen LogP contribution < -0.4 is 10.4 Å². The molecule has 3 nitrogen and oxygen atoms in total. The molecule has 0 unspecified atom stereocenters. The summed E-state index contributed by atoms with van der Waals surface area (Å²) in [6.45, 7) is 2.10. The van der Waals surface area contributed by atoms with E-state index in [1.165, 1.54) is 11.1 Å². The number of fused-ring (bicyclic) bond motifs is 1. The molecule has 1 heterocycles. The summed E-state index contributed by atoms with van der Waals surface area (Å²) in [5.74, 6) is 0. The highest BCUT2D eigenvalue weighted by molar-refractivity contribution is 6.61. The largest absolute Gasteiger partial charge is 0.491 e. The summed E-state index contributed by atoms with van der Waals surface area (Å²) in [7, 11) is -0.815. The number of nitrogens with zero attached hydrogens (tertiary/aromatic N) is 1. The maximum absolute atomic E-state index is 10.0. The van der Waals surface area contributed by atoms with E-state index < -0.39 is 7.12 Å². The quantitative estimate of drug-likeness (QED) is 0.730. The first-order valence-electron chi connectivity index (χ1n) is 8.55. The monoisotopic (exact) mass is 329 g/mol. The number of hydrogen-bond donors (Lipinski definition) is 1. The van der Waals surface area contributed by atoms with Crippen molar-refractivity contribution >= 4 is 18.3 Å². The molecule has 1 aliphatic rings. The predicted molar refractivity (Wildman–Crippen MR) is 102 cm³/mol. The van der Waals surface area contributed by atoms with Crippen LogP contribution in [0.4, 0.5) is 5.69 Å². The number of rotatable bonds is 5. The average molecular weight is 329 g/mol. The number of benzene rings is 3. The first-order chi connectivity index (χ1) is 12.3. The smallest absolute Gasteiger partial charge is 0.423 e. The Morgan fingerprint density at radius 1 is 0.840 bits per heavy atom. The number of anilines is 1. The molecule has 0 amide bonds. The highest BCUT2D eigenvalue weighted by atomic mass is 16.5. The lowest BCUT2D eigenvalue weighted by Gasteiger charge is -2.26. The third kappa shape index (κ3) is 3.60. The summed E-state index contributed by atoms with van der Waals surface area (Å²) in [6.07, 6.45) is 0. The molecule has 1 aliphatic heterocycles. The summed E-state index contributed by atoms with van der Waals surface area (Å²) in [5.41, 5.74) is 5.56. The molecule has 0 spiro atoms. The minimum atomic E-state index is -0.815. The summed E-state index contributed by atoms with van der Waals surface area (Å²) >= 11 is 0. The summed E-state index contributed by atoms with van der Waals surface area (Å²) in [4.78, 5) is 2.33. The fourth-order valence-corrected chi connectivity index (χ4v) is 3.24. The van der Waals surface area contributed by atoms with Gasteiger partial charge in [0.1, 0.15) is 0 Å². The van der Waals surface area contributed by atoms with E-state index in [1.807, 2.05) is 12.1 Å². The van der Waals surface area contributed by atoms with Crippen molar-refractivity contribution in [3.05, 3.63) is 95.6 Å². The van der Waals surface area contributed by atoms with Crippen molar-refractivity contribution < 1.29 is 9.68 Å². The van der Waals surface area contributed by atoms with E-state index in [0.29, 0.717) is 6.61 Å². The van der Waals surface area contributed by atoms with E-state index in [9.17, 15) is 5.02 Å². The fraction of sp³-hybridized carbons (Fsp3) is 0.143. The molecule has 0 aromatic heterocycles. The Kier molecular flexibility index (Phi) is 4.55. The molecular weight excluding hydrogens is 309 g/mol. The maximum Gasteiger partial charge on any atom is 0.491 e. The summed E-state index contributed by atoms with van der Waals surface area (Å²) in [5, 5.41) is 10.0. The molecule has 0 saturated heterocycles. The van der Waals surface area contributed by atoms with Gasteiger partial charge in [-0.25, -0.2) is 0 Å². The Hall–Kier alpha value is -2.56. The summed E-state index contributed by atoms with van der Waals surface area (Å²) in [6, 6.07) is 27.1. The van der Waals surface area contributed by atoms with Crippen LogP contribution in [-0.2, 0) is 24.4 Å². The van der Waals surface area contributed by atoms with Crippen molar-refractivity contribution in [3.8, 4) is 0 Å². The van der Waals surface area contributed by atoms with Gasteiger partial charge in [0.25, 0.3) is 0 Å². The molecule has 0 aliphatic carbocycles. The van der Waals surface area contributed by atoms with Crippen molar-refractivity contribution in [2.45, 2.75) is 19.7 Å². The highest BCUT2D eigenvalue weighted by Gasteiger charge is 2.27. The van der Waals surface area contributed by atoms with Crippen LogP contribution in [0, 0.1) is 0 Å². The topological polar surface area (TPSA) is 32.7 Å². The molecule has 3 aromatic rings. The minimum absolute atomic E-state index is 0.480. The van der Waals surface area contributed by atoms with Crippen LogP contribution in [0.1, 0.15) is 16.7 Å². The third-order valence-corrected chi connectivity index (χ3v) is 4.59. The van der Waals surface area contributed by atoms with E-state index in [4.69, 9.17) is 4.65 Å². The van der Waals surface area contributed by atoms with Gasteiger partial charge in [-0.05, 0) is 34.3 Å². The van der Waals surface area contributed by atoms with Gasteiger partial charge in [0, 0.05) is 18.8 Å². The lowest BCUT2D eigenvalue weighted by atomic mass is 9.79. The second-order valence-electron chi connectivity index (χ2n) is 6.37. The van der Waals surface area contributed by atoms with Gasteiger partial charge in [-0.1, -0.05) is 66.7 Å². The maximum atomic E-state index is 10.0. The SMILES string of the molecule is OB1OCc2ccc(N(Cc3ccccc3)Cc3ccccc3)cc21. The lowest BCUT2D eigenvalue weighted by Crippen LogP contribution is -2.30. The van der Waals surface area contributed by atoms with E-state index in [2.05, 4.69) is 71.6 Å². The molecule has 0 fully saturated rings. The van der Waals surface area contributed by atoms with Crippen LogP contribution >= 0.6 is 0 Å². The second-order valence-corrected chi connectivity index (χ2v) is 6.37. The van der Waals surface area contributed by atoms with E-state index in [1.54, 1.807) is 0 Å². The van der Waals surface area contributed by atoms with Gasteiger partial charge in [0.2, 0.25) is 0 Å². The van der Waals surface area contributed by atoms with Crippen LogP contribution in [0.2, 0.25) is 0 Å². The molecule has 25 heavy (non-hydrogen) atoms. The van der Waals surface area contributed by atoms with Crippen molar-refractivity contribution in [1.29, 1.82) is 0 Å². The van der Waals surface area contributed by atoms with Gasteiger partial charge in [-0.3, -0.25) is 0 Å². The standard InChI is InChI=1S/C21H20BNO2/c24-22-21-13-20(12-11-19(21)16-25-22)23(14-17-7-3-1-4-8-17)15-18-9-5-2-6-10-18/h1-13,24H,14-16H2.